The van der Waals surface area contributed by atoms with Crippen molar-refractivity contribution in [2.75, 3.05) is 47.4 Å². The minimum Gasteiger partial charge on any atom is -0.756 e. The van der Waals surface area contributed by atoms with Crippen LogP contribution in [0.15, 0.2) is 0 Å². The first kappa shape index (κ1) is 33.0. The molecule has 0 spiro atoms. The predicted molar refractivity (Wildman–Crippen MR) is 134 cm³/mol. The van der Waals surface area contributed by atoms with E-state index in [9.17, 15) is 19.0 Å². The Labute approximate surface area is 207 Å². The van der Waals surface area contributed by atoms with Gasteiger partial charge in [-0.1, -0.05) is 65.2 Å². The van der Waals surface area contributed by atoms with Crippen molar-refractivity contribution in [1.82, 2.24) is 10.6 Å². The van der Waals surface area contributed by atoms with E-state index in [-0.39, 0.29) is 31.6 Å². The Kier molecular flexibility index (Phi) is 18.7. The van der Waals surface area contributed by atoms with E-state index in [1.165, 1.54) is 0 Å². The molecule has 0 rings (SSSR count). The maximum atomic E-state index is 12.4. The van der Waals surface area contributed by atoms with E-state index in [1.807, 2.05) is 21.1 Å². The lowest BCUT2D eigenvalue weighted by Gasteiger charge is -2.28. The van der Waals surface area contributed by atoms with Crippen molar-refractivity contribution >= 4 is 19.6 Å². The van der Waals surface area contributed by atoms with Crippen LogP contribution in [0, 0.1) is 0 Å². The smallest absolute Gasteiger partial charge is 0.268 e. The van der Waals surface area contributed by atoms with E-state index in [4.69, 9.17) is 9.05 Å². The van der Waals surface area contributed by atoms with Gasteiger partial charge in [-0.2, -0.15) is 0 Å². The number of rotatable bonds is 22. The fourth-order valence-corrected chi connectivity index (χ4v) is 3.94. The molecule has 0 fully saturated rings. The second-order valence-corrected chi connectivity index (χ2v) is 11.4. The lowest BCUT2D eigenvalue weighted by molar-refractivity contribution is -0.870. The molecule has 0 aliphatic heterocycles. The molecule has 2 amide bonds. The summed E-state index contributed by atoms with van der Waals surface area (Å²) in [7, 11) is 1.28. The molecule has 0 aromatic heterocycles. The van der Waals surface area contributed by atoms with Crippen LogP contribution in [0.3, 0.4) is 0 Å². The summed E-state index contributed by atoms with van der Waals surface area (Å²) < 4.78 is 22.6. The Morgan fingerprint density at radius 1 is 0.853 bits per heavy atom. The number of phosphoric ester groups is 1. The SMILES string of the molecule is CCCCCCCC(=O)NCC(COP(=O)([O-])OCC[N+](C)(C)C)NC(=O)CCCCCCC. The fraction of sp³-hybridized carbons (Fsp3) is 0.917. The lowest BCUT2D eigenvalue weighted by atomic mass is 10.1. The Morgan fingerprint density at radius 2 is 1.38 bits per heavy atom. The molecular weight excluding hydrogens is 457 g/mol. The topological polar surface area (TPSA) is 117 Å². The van der Waals surface area contributed by atoms with Gasteiger partial charge in [0.05, 0.1) is 33.8 Å². The zero-order valence-corrected chi connectivity index (χ0v) is 23.1. The van der Waals surface area contributed by atoms with Gasteiger partial charge in [0.1, 0.15) is 13.2 Å². The molecule has 0 heterocycles. The van der Waals surface area contributed by atoms with Crippen molar-refractivity contribution in [3.8, 4) is 0 Å². The molecule has 2 N–H and O–H groups in total. The minimum absolute atomic E-state index is 0.00777. The number of carbonyl (C=O) groups excluding carboxylic acids is 2. The molecule has 202 valence electrons. The highest BCUT2D eigenvalue weighted by Gasteiger charge is 2.19. The zero-order chi connectivity index (χ0) is 25.9. The number of likely N-dealkylation sites (N-methyl/N-ethyl adjacent to an activating group) is 1. The van der Waals surface area contributed by atoms with E-state index in [0.29, 0.717) is 23.9 Å². The van der Waals surface area contributed by atoms with Gasteiger partial charge in [0, 0.05) is 19.4 Å². The van der Waals surface area contributed by atoms with E-state index in [2.05, 4.69) is 24.5 Å². The van der Waals surface area contributed by atoms with Crippen LogP contribution in [0.1, 0.15) is 90.9 Å². The number of quaternary nitrogens is 1. The number of hydrogen-bond acceptors (Lipinski definition) is 6. The van der Waals surface area contributed by atoms with Gasteiger partial charge in [0.25, 0.3) is 7.82 Å². The second-order valence-electron chi connectivity index (χ2n) is 9.99. The molecule has 0 aromatic rings. The molecule has 0 radical (unpaired) electrons. The van der Waals surface area contributed by atoms with Crippen LogP contribution in [-0.2, 0) is 23.2 Å². The molecule has 0 aromatic carbocycles. The third-order valence-electron chi connectivity index (χ3n) is 5.37. The van der Waals surface area contributed by atoms with Gasteiger partial charge in [0.2, 0.25) is 11.8 Å². The van der Waals surface area contributed by atoms with Crippen LogP contribution in [0.5, 0.6) is 0 Å². The summed E-state index contributed by atoms with van der Waals surface area (Å²) in [6.07, 6.45) is 11.1. The number of phosphoric acid groups is 1. The third-order valence-corrected chi connectivity index (χ3v) is 6.33. The van der Waals surface area contributed by atoms with E-state index in [0.717, 1.165) is 64.2 Å². The molecular formula is C24H50N3O6P. The van der Waals surface area contributed by atoms with Crippen molar-refractivity contribution < 1.29 is 32.6 Å². The van der Waals surface area contributed by atoms with Gasteiger partial charge < -0.3 is 29.1 Å². The monoisotopic (exact) mass is 507 g/mol. The Hall–Kier alpha value is -0.990. The Morgan fingerprint density at radius 3 is 1.91 bits per heavy atom. The molecule has 0 saturated carbocycles. The maximum Gasteiger partial charge on any atom is 0.268 e. The van der Waals surface area contributed by atoms with Gasteiger partial charge in [-0.25, -0.2) is 0 Å². The van der Waals surface area contributed by atoms with Gasteiger partial charge in [0.15, 0.2) is 0 Å². The third kappa shape index (κ3) is 21.5. The van der Waals surface area contributed by atoms with E-state index in [1.54, 1.807) is 0 Å². The lowest BCUT2D eigenvalue weighted by Crippen LogP contribution is -2.46. The molecule has 0 saturated heterocycles. The van der Waals surface area contributed by atoms with E-state index >= 15 is 0 Å². The summed E-state index contributed by atoms with van der Waals surface area (Å²) in [4.78, 5) is 36.6. The summed E-state index contributed by atoms with van der Waals surface area (Å²) in [5, 5.41) is 5.60. The largest absolute Gasteiger partial charge is 0.756 e. The Bertz CT molecular complexity index is 598. The average Bonchev–Trinajstić information content (AvgIpc) is 2.74. The summed E-state index contributed by atoms with van der Waals surface area (Å²) in [5.41, 5.74) is 0. The number of nitrogens with one attached hydrogen (secondary N) is 2. The molecule has 2 atom stereocenters. The van der Waals surface area contributed by atoms with Crippen LogP contribution in [0.2, 0.25) is 0 Å². The van der Waals surface area contributed by atoms with Crippen molar-refractivity contribution in [3.63, 3.8) is 0 Å². The molecule has 9 nitrogen and oxygen atoms in total. The highest BCUT2D eigenvalue weighted by atomic mass is 31.2. The van der Waals surface area contributed by atoms with Crippen LogP contribution in [0.25, 0.3) is 0 Å². The van der Waals surface area contributed by atoms with E-state index < -0.39 is 13.9 Å². The summed E-state index contributed by atoms with van der Waals surface area (Å²) in [5.74, 6) is -0.287. The Balaban J connectivity index is 4.62. The molecule has 2 unspecified atom stereocenters. The number of carbonyl (C=O) groups is 2. The summed E-state index contributed by atoms with van der Waals surface area (Å²) in [6.45, 7) is 4.61. The van der Waals surface area contributed by atoms with Crippen molar-refractivity contribution in [3.05, 3.63) is 0 Å². The van der Waals surface area contributed by atoms with Gasteiger partial charge in [-0.05, 0) is 12.8 Å². The van der Waals surface area contributed by atoms with Gasteiger partial charge in [-0.3, -0.25) is 14.2 Å². The standard InChI is InChI=1S/C24H50N3O6P/c1-6-8-10-12-14-16-23(28)25-20-22(26-24(29)17-15-13-11-9-7-2)21-33-34(30,31)32-19-18-27(3,4)5/h22H,6-21H2,1-5H3,(H2-,25,26,28,29,30,31). The first-order valence-corrected chi connectivity index (χ1v) is 14.4. The average molecular weight is 508 g/mol. The first-order chi connectivity index (χ1) is 16.0. The number of unbranched alkanes of at least 4 members (excludes halogenated alkanes) is 8. The van der Waals surface area contributed by atoms with Crippen molar-refractivity contribution in [1.29, 1.82) is 0 Å². The van der Waals surface area contributed by atoms with Crippen LogP contribution in [-0.4, -0.2) is 69.8 Å². The molecule has 0 aliphatic rings. The molecule has 34 heavy (non-hydrogen) atoms. The number of amides is 2. The van der Waals surface area contributed by atoms with Crippen molar-refractivity contribution in [2.45, 2.75) is 96.9 Å². The number of nitrogens with zero attached hydrogens (tertiary/aromatic N) is 1. The quantitative estimate of drug-likeness (QED) is 0.132. The first-order valence-electron chi connectivity index (χ1n) is 13.0. The second kappa shape index (κ2) is 19.2. The van der Waals surface area contributed by atoms with Crippen LogP contribution >= 0.6 is 7.82 Å². The normalized spacial score (nSPS) is 14.4. The van der Waals surface area contributed by atoms with Gasteiger partial charge in [-0.15, -0.1) is 0 Å². The maximum absolute atomic E-state index is 12.4. The number of hydrogen-bond donors (Lipinski definition) is 2. The molecule has 0 bridgehead atoms. The van der Waals surface area contributed by atoms with Crippen LogP contribution in [0.4, 0.5) is 0 Å². The van der Waals surface area contributed by atoms with Crippen molar-refractivity contribution in [2.24, 2.45) is 0 Å². The molecule has 0 aliphatic carbocycles. The van der Waals surface area contributed by atoms with Gasteiger partial charge >= 0.3 is 0 Å². The highest BCUT2D eigenvalue weighted by Crippen LogP contribution is 2.38. The van der Waals surface area contributed by atoms with Crippen LogP contribution < -0.4 is 15.5 Å². The molecule has 10 heteroatoms. The predicted octanol–water partition coefficient (Wildman–Crippen LogP) is 3.52. The summed E-state index contributed by atoms with van der Waals surface area (Å²) >= 11 is 0. The summed E-state index contributed by atoms with van der Waals surface area (Å²) in [6, 6.07) is -0.656. The fourth-order valence-electron chi connectivity index (χ4n) is 3.20. The highest BCUT2D eigenvalue weighted by molar-refractivity contribution is 7.45. The zero-order valence-electron chi connectivity index (χ0n) is 22.2. The minimum atomic E-state index is -4.51.